The van der Waals surface area contributed by atoms with Gasteiger partial charge in [0, 0.05) is 17.3 Å². The molecule has 1 aliphatic rings. The molecule has 0 atom stereocenters. The molecule has 1 saturated carbocycles. The number of carbonyl (C=O) groups excluding carboxylic acids is 1. The predicted molar refractivity (Wildman–Crippen MR) is 87.2 cm³/mol. The minimum Gasteiger partial charge on any atom is -0.399 e. The van der Waals surface area contributed by atoms with E-state index >= 15 is 0 Å². The van der Waals surface area contributed by atoms with Gasteiger partial charge in [-0.2, -0.15) is 0 Å². The minimum absolute atomic E-state index is 0. The van der Waals surface area contributed by atoms with Crippen molar-refractivity contribution in [2.45, 2.75) is 46.0 Å². The van der Waals surface area contributed by atoms with Crippen molar-refractivity contribution in [3.63, 3.8) is 0 Å². The third-order valence-corrected chi connectivity index (χ3v) is 4.31. The number of amides is 1. The van der Waals surface area contributed by atoms with Crippen molar-refractivity contribution in [1.29, 1.82) is 0 Å². The highest BCUT2D eigenvalue weighted by Gasteiger charge is 2.25. The maximum Gasteiger partial charge on any atom is 0.227 e. The summed E-state index contributed by atoms with van der Waals surface area (Å²) in [6.07, 6.45) is 5.65. The molecule has 0 radical (unpaired) electrons. The van der Waals surface area contributed by atoms with Crippen LogP contribution in [0.5, 0.6) is 0 Å². The highest BCUT2D eigenvalue weighted by Crippen LogP contribution is 2.31. The van der Waals surface area contributed by atoms with Gasteiger partial charge in [0.25, 0.3) is 0 Å². The van der Waals surface area contributed by atoms with Crippen LogP contribution in [0.3, 0.4) is 0 Å². The number of rotatable bonds is 3. The van der Waals surface area contributed by atoms with E-state index in [1.54, 1.807) is 0 Å². The standard InChI is InChI=1S/C16H24N2O.ClH/c1-3-12-5-7-13(8-6-12)16(19)18-15-10-14(17)9-4-11(15)2;/h4,9-10,12-13H,3,5-8,17H2,1-2H3,(H,18,19);1H. The summed E-state index contributed by atoms with van der Waals surface area (Å²) in [5.74, 6) is 1.14. The molecular weight excluding hydrogens is 272 g/mol. The maximum absolute atomic E-state index is 12.3. The number of nitrogens with two attached hydrogens (primary N) is 1. The molecule has 0 bridgehead atoms. The summed E-state index contributed by atoms with van der Waals surface area (Å²) in [5.41, 5.74) is 8.37. The van der Waals surface area contributed by atoms with Gasteiger partial charge in [-0.25, -0.2) is 0 Å². The summed E-state index contributed by atoms with van der Waals surface area (Å²) in [6.45, 7) is 4.23. The van der Waals surface area contributed by atoms with E-state index in [-0.39, 0.29) is 24.2 Å². The summed E-state index contributed by atoms with van der Waals surface area (Å²) >= 11 is 0. The van der Waals surface area contributed by atoms with Crippen molar-refractivity contribution in [3.05, 3.63) is 23.8 Å². The predicted octanol–water partition coefficient (Wildman–Crippen LogP) is 4.15. The molecule has 1 aromatic rings. The topological polar surface area (TPSA) is 55.1 Å². The lowest BCUT2D eigenvalue weighted by molar-refractivity contribution is -0.121. The minimum atomic E-state index is 0. The fraction of sp³-hybridized carbons (Fsp3) is 0.562. The molecule has 4 heteroatoms. The highest BCUT2D eigenvalue weighted by atomic mass is 35.5. The fourth-order valence-electron chi connectivity index (χ4n) is 2.84. The van der Waals surface area contributed by atoms with Crippen LogP contribution in [-0.4, -0.2) is 5.91 Å². The van der Waals surface area contributed by atoms with Gasteiger partial charge in [-0.05, 0) is 56.2 Å². The molecule has 112 valence electrons. The number of benzene rings is 1. The van der Waals surface area contributed by atoms with Crippen LogP contribution in [0.4, 0.5) is 11.4 Å². The summed E-state index contributed by atoms with van der Waals surface area (Å²) in [5, 5.41) is 3.03. The van der Waals surface area contributed by atoms with Crippen molar-refractivity contribution in [2.24, 2.45) is 11.8 Å². The number of nitrogen functional groups attached to an aromatic ring is 1. The number of hydrogen-bond donors (Lipinski definition) is 2. The summed E-state index contributed by atoms with van der Waals surface area (Å²) in [6, 6.07) is 5.64. The monoisotopic (exact) mass is 296 g/mol. The lowest BCUT2D eigenvalue weighted by Gasteiger charge is -2.27. The second-order valence-electron chi connectivity index (χ2n) is 5.69. The van der Waals surface area contributed by atoms with Crippen LogP contribution < -0.4 is 11.1 Å². The molecule has 0 spiro atoms. The maximum atomic E-state index is 12.3. The van der Waals surface area contributed by atoms with E-state index in [4.69, 9.17) is 5.73 Å². The zero-order chi connectivity index (χ0) is 13.8. The smallest absolute Gasteiger partial charge is 0.227 e. The van der Waals surface area contributed by atoms with Gasteiger partial charge in [0.15, 0.2) is 0 Å². The van der Waals surface area contributed by atoms with Crippen LogP contribution in [0.25, 0.3) is 0 Å². The van der Waals surface area contributed by atoms with Gasteiger partial charge >= 0.3 is 0 Å². The number of halogens is 1. The number of aryl methyl sites for hydroxylation is 1. The molecule has 20 heavy (non-hydrogen) atoms. The Morgan fingerprint density at radius 2 is 1.95 bits per heavy atom. The number of carbonyl (C=O) groups is 1. The van der Waals surface area contributed by atoms with Gasteiger partial charge in [-0.15, -0.1) is 12.4 Å². The third-order valence-electron chi connectivity index (χ3n) is 4.31. The van der Waals surface area contributed by atoms with Crippen molar-refractivity contribution >= 4 is 29.7 Å². The van der Waals surface area contributed by atoms with Gasteiger partial charge in [-0.1, -0.05) is 19.4 Å². The van der Waals surface area contributed by atoms with Crippen molar-refractivity contribution in [2.75, 3.05) is 11.1 Å². The Hall–Kier alpha value is -1.22. The van der Waals surface area contributed by atoms with Crippen LogP contribution in [0.15, 0.2) is 18.2 Å². The summed E-state index contributed by atoms with van der Waals surface area (Å²) < 4.78 is 0. The average Bonchev–Trinajstić information content (AvgIpc) is 2.43. The first-order valence-corrected chi connectivity index (χ1v) is 7.27. The Morgan fingerprint density at radius 1 is 1.30 bits per heavy atom. The lowest BCUT2D eigenvalue weighted by atomic mass is 9.80. The van der Waals surface area contributed by atoms with E-state index in [2.05, 4.69) is 12.2 Å². The second kappa shape index (κ2) is 7.53. The van der Waals surface area contributed by atoms with Gasteiger partial charge in [-0.3, -0.25) is 4.79 Å². The van der Waals surface area contributed by atoms with Gasteiger partial charge < -0.3 is 11.1 Å². The molecule has 1 aromatic carbocycles. The summed E-state index contributed by atoms with van der Waals surface area (Å²) in [7, 11) is 0. The van der Waals surface area contributed by atoms with Crippen molar-refractivity contribution < 1.29 is 4.79 Å². The Morgan fingerprint density at radius 3 is 2.55 bits per heavy atom. The number of hydrogen-bond acceptors (Lipinski definition) is 2. The highest BCUT2D eigenvalue weighted by molar-refractivity contribution is 5.93. The first-order valence-electron chi connectivity index (χ1n) is 7.27. The van der Waals surface area contributed by atoms with Gasteiger partial charge in [0.2, 0.25) is 5.91 Å². The first kappa shape index (κ1) is 16.8. The van der Waals surface area contributed by atoms with Gasteiger partial charge in [0.05, 0.1) is 0 Å². The van der Waals surface area contributed by atoms with E-state index in [9.17, 15) is 4.79 Å². The zero-order valence-electron chi connectivity index (χ0n) is 12.3. The van der Waals surface area contributed by atoms with E-state index in [1.807, 2.05) is 25.1 Å². The Kier molecular flexibility index (Phi) is 6.34. The molecule has 0 heterocycles. The largest absolute Gasteiger partial charge is 0.399 e. The molecule has 3 N–H and O–H groups in total. The molecule has 1 amide bonds. The molecule has 3 nitrogen and oxygen atoms in total. The van der Waals surface area contributed by atoms with Gasteiger partial charge in [0.1, 0.15) is 0 Å². The van der Waals surface area contributed by atoms with E-state index in [1.165, 1.54) is 19.3 Å². The third kappa shape index (κ3) is 4.14. The number of anilines is 2. The van der Waals surface area contributed by atoms with Crippen molar-refractivity contribution in [1.82, 2.24) is 0 Å². The van der Waals surface area contributed by atoms with Crippen LogP contribution in [0, 0.1) is 18.8 Å². The SMILES string of the molecule is CCC1CCC(C(=O)Nc2cc(N)ccc2C)CC1.Cl. The van der Waals surface area contributed by atoms with Crippen LogP contribution in [0.1, 0.15) is 44.6 Å². The quantitative estimate of drug-likeness (QED) is 0.823. The van der Waals surface area contributed by atoms with E-state index in [0.29, 0.717) is 5.69 Å². The fourth-order valence-corrected chi connectivity index (χ4v) is 2.84. The Labute approximate surface area is 127 Å². The molecule has 1 fully saturated rings. The van der Waals surface area contributed by atoms with E-state index < -0.39 is 0 Å². The molecular formula is C16H25ClN2O. The van der Waals surface area contributed by atoms with Crippen molar-refractivity contribution in [3.8, 4) is 0 Å². The molecule has 2 rings (SSSR count). The molecule has 0 aromatic heterocycles. The average molecular weight is 297 g/mol. The lowest BCUT2D eigenvalue weighted by Crippen LogP contribution is -2.27. The normalized spacial score (nSPS) is 21.9. The van der Waals surface area contributed by atoms with Crippen LogP contribution >= 0.6 is 12.4 Å². The zero-order valence-corrected chi connectivity index (χ0v) is 13.1. The van der Waals surface area contributed by atoms with Crippen LogP contribution in [-0.2, 0) is 4.79 Å². The Balaban J connectivity index is 0.00000200. The van der Waals surface area contributed by atoms with E-state index in [0.717, 1.165) is 30.0 Å². The van der Waals surface area contributed by atoms with Crippen LogP contribution in [0.2, 0.25) is 0 Å². The molecule has 1 aliphatic carbocycles. The summed E-state index contributed by atoms with van der Waals surface area (Å²) in [4.78, 5) is 12.3. The molecule has 0 unspecified atom stereocenters. The second-order valence-corrected chi connectivity index (χ2v) is 5.69. The first-order chi connectivity index (χ1) is 9.10. The number of nitrogens with one attached hydrogen (secondary N) is 1. The Bertz CT molecular complexity index is 454. The molecule has 0 aliphatic heterocycles. The molecule has 0 saturated heterocycles.